The molecule has 0 aromatic heterocycles. The van der Waals surface area contributed by atoms with Gasteiger partial charge < -0.3 is 21.1 Å². The van der Waals surface area contributed by atoms with Crippen molar-refractivity contribution in [1.82, 2.24) is 16.0 Å². The number of hydrogen-bond acceptors (Lipinski definition) is 3. The fraction of sp³-hybridized carbons (Fsp3) is 0.750. The lowest BCUT2D eigenvalue weighted by molar-refractivity contribution is -0.149. The second-order valence-electron chi connectivity index (χ2n) is 4.33. The fourth-order valence-electron chi connectivity index (χ4n) is 1.60. The van der Waals surface area contributed by atoms with Crippen LogP contribution in [0.25, 0.3) is 0 Å². The molecule has 0 aromatic carbocycles. The quantitative estimate of drug-likeness (QED) is 0.510. The summed E-state index contributed by atoms with van der Waals surface area (Å²) < 4.78 is 0. The zero-order valence-corrected chi connectivity index (χ0v) is 11.7. The maximum Gasteiger partial charge on any atom is 0.314 e. The second kappa shape index (κ2) is 8.34. The van der Waals surface area contributed by atoms with Crippen molar-refractivity contribution >= 4 is 17.9 Å². The molecule has 0 saturated heterocycles. The molecule has 0 atom stereocenters. The molecule has 0 bridgehead atoms. The van der Waals surface area contributed by atoms with E-state index >= 15 is 0 Å². The number of urea groups is 1. The molecule has 19 heavy (non-hydrogen) atoms. The normalized spacial score (nSPS) is 10.7. The van der Waals surface area contributed by atoms with Crippen molar-refractivity contribution in [2.75, 3.05) is 20.1 Å². The molecule has 0 saturated carbocycles. The van der Waals surface area contributed by atoms with Crippen molar-refractivity contribution in [1.29, 1.82) is 0 Å². The van der Waals surface area contributed by atoms with Crippen molar-refractivity contribution in [3.63, 3.8) is 0 Å². The third kappa shape index (κ3) is 5.58. The van der Waals surface area contributed by atoms with Crippen LogP contribution in [0.4, 0.5) is 4.79 Å². The van der Waals surface area contributed by atoms with Crippen molar-refractivity contribution in [2.24, 2.45) is 5.41 Å². The molecule has 4 N–H and O–H groups in total. The van der Waals surface area contributed by atoms with Crippen LogP contribution in [0.1, 0.15) is 33.1 Å². The third-order valence-electron chi connectivity index (χ3n) is 3.31. The molecule has 7 heteroatoms. The lowest BCUT2D eigenvalue weighted by Gasteiger charge is -2.26. The van der Waals surface area contributed by atoms with Crippen LogP contribution in [-0.4, -0.2) is 43.2 Å². The zero-order valence-electron chi connectivity index (χ0n) is 11.7. The van der Waals surface area contributed by atoms with Gasteiger partial charge >= 0.3 is 12.0 Å². The average molecular weight is 273 g/mol. The van der Waals surface area contributed by atoms with Crippen LogP contribution in [0.3, 0.4) is 0 Å². The summed E-state index contributed by atoms with van der Waals surface area (Å²) in [4.78, 5) is 33.6. The number of amides is 3. The number of carbonyl (C=O) groups is 3. The van der Waals surface area contributed by atoms with E-state index in [2.05, 4.69) is 16.0 Å². The molecule has 0 radical (unpaired) electrons. The molecule has 0 rings (SSSR count). The van der Waals surface area contributed by atoms with Gasteiger partial charge in [0.05, 0.1) is 5.41 Å². The highest BCUT2D eigenvalue weighted by atomic mass is 16.4. The van der Waals surface area contributed by atoms with Gasteiger partial charge in [0.1, 0.15) is 0 Å². The smallest absolute Gasteiger partial charge is 0.314 e. The summed E-state index contributed by atoms with van der Waals surface area (Å²) in [5.41, 5.74) is -0.932. The highest BCUT2D eigenvalue weighted by Gasteiger charge is 2.35. The van der Waals surface area contributed by atoms with Crippen LogP contribution in [0, 0.1) is 5.41 Å². The predicted octanol–water partition coefficient (Wildman–Crippen LogP) is 0.313. The van der Waals surface area contributed by atoms with Crippen molar-refractivity contribution in [3.8, 4) is 0 Å². The summed E-state index contributed by atoms with van der Waals surface area (Å²) in [7, 11) is 1.52. The van der Waals surface area contributed by atoms with E-state index < -0.39 is 17.4 Å². The average Bonchev–Trinajstić information content (AvgIpc) is 2.39. The lowest BCUT2D eigenvalue weighted by atomic mass is 9.82. The van der Waals surface area contributed by atoms with E-state index in [4.69, 9.17) is 0 Å². The van der Waals surface area contributed by atoms with Gasteiger partial charge in [-0.05, 0) is 12.8 Å². The van der Waals surface area contributed by atoms with Gasteiger partial charge in [-0.1, -0.05) is 13.8 Å². The van der Waals surface area contributed by atoms with E-state index in [1.807, 2.05) is 0 Å². The first-order valence-corrected chi connectivity index (χ1v) is 6.37. The molecule has 110 valence electrons. The Bertz CT molecular complexity index is 327. The van der Waals surface area contributed by atoms with E-state index in [-0.39, 0.29) is 25.4 Å². The minimum absolute atomic E-state index is 0.0706. The summed E-state index contributed by atoms with van der Waals surface area (Å²) >= 11 is 0. The van der Waals surface area contributed by atoms with Gasteiger partial charge in [0.15, 0.2) is 0 Å². The number of carboxylic acids is 1. The Morgan fingerprint density at radius 3 is 2.11 bits per heavy atom. The highest BCUT2D eigenvalue weighted by Crippen LogP contribution is 2.25. The molecule has 0 aromatic rings. The molecule has 7 nitrogen and oxygen atoms in total. The third-order valence-corrected chi connectivity index (χ3v) is 3.31. The standard InChI is InChI=1S/C12H23N3O4/c1-4-12(5-2,10(17)18)8-15-11(19)14-7-6-9(16)13-3/h4-8H2,1-3H3,(H,13,16)(H,17,18)(H2,14,15,19). The number of carbonyl (C=O) groups excluding carboxylic acids is 2. The predicted molar refractivity (Wildman–Crippen MR) is 70.7 cm³/mol. The largest absolute Gasteiger partial charge is 0.481 e. The van der Waals surface area contributed by atoms with Gasteiger partial charge in [0, 0.05) is 26.6 Å². The highest BCUT2D eigenvalue weighted by molar-refractivity contribution is 5.79. The topological polar surface area (TPSA) is 108 Å². The van der Waals surface area contributed by atoms with Crippen LogP contribution in [-0.2, 0) is 9.59 Å². The summed E-state index contributed by atoms with van der Waals surface area (Å²) in [5.74, 6) is -1.08. The van der Waals surface area contributed by atoms with Crippen molar-refractivity contribution in [3.05, 3.63) is 0 Å². The van der Waals surface area contributed by atoms with Crippen molar-refractivity contribution in [2.45, 2.75) is 33.1 Å². The van der Waals surface area contributed by atoms with Gasteiger partial charge in [-0.2, -0.15) is 0 Å². The molecule has 0 spiro atoms. The van der Waals surface area contributed by atoms with Crippen LogP contribution < -0.4 is 16.0 Å². The molecule has 0 aliphatic heterocycles. The summed E-state index contributed by atoms with van der Waals surface area (Å²) in [6.07, 6.45) is 1.07. The number of aliphatic carboxylic acids is 1. The maximum absolute atomic E-state index is 11.5. The Hall–Kier alpha value is -1.79. The molecule has 0 heterocycles. The SMILES string of the molecule is CCC(CC)(CNC(=O)NCCC(=O)NC)C(=O)O. The molecule has 0 aliphatic carbocycles. The minimum Gasteiger partial charge on any atom is -0.481 e. The molecule has 0 aliphatic rings. The van der Waals surface area contributed by atoms with Crippen molar-refractivity contribution < 1.29 is 19.5 Å². The molecular weight excluding hydrogens is 250 g/mol. The fourth-order valence-corrected chi connectivity index (χ4v) is 1.60. The van der Waals surface area contributed by atoms with E-state index in [1.54, 1.807) is 13.8 Å². The minimum atomic E-state index is -0.932. The van der Waals surface area contributed by atoms with Gasteiger partial charge in [-0.25, -0.2) is 4.79 Å². The van der Waals surface area contributed by atoms with Crippen LogP contribution in [0.2, 0.25) is 0 Å². The second-order valence-corrected chi connectivity index (χ2v) is 4.33. The Balaban J connectivity index is 4.13. The van der Waals surface area contributed by atoms with Gasteiger partial charge in [0.2, 0.25) is 5.91 Å². The molecule has 0 unspecified atom stereocenters. The number of hydrogen-bond donors (Lipinski definition) is 4. The Kier molecular flexibility index (Phi) is 7.55. The lowest BCUT2D eigenvalue weighted by Crippen LogP contribution is -2.46. The van der Waals surface area contributed by atoms with Crippen LogP contribution >= 0.6 is 0 Å². The first-order valence-electron chi connectivity index (χ1n) is 6.37. The molecule has 3 amide bonds. The van der Waals surface area contributed by atoms with Gasteiger partial charge in [-0.15, -0.1) is 0 Å². The van der Waals surface area contributed by atoms with E-state index in [1.165, 1.54) is 7.05 Å². The maximum atomic E-state index is 11.5. The first-order chi connectivity index (χ1) is 8.91. The molecular formula is C12H23N3O4. The number of carboxylic acid groups (broad SMARTS) is 1. The Morgan fingerprint density at radius 1 is 1.11 bits per heavy atom. The Morgan fingerprint density at radius 2 is 1.68 bits per heavy atom. The van der Waals surface area contributed by atoms with Crippen LogP contribution in [0.15, 0.2) is 0 Å². The Labute approximate surface area is 113 Å². The van der Waals surface area contributed by atoms with Gasteiger partial charge in [0.25, 0.3) is 0 Å². The zero-order chi connectivity index (χ0) is 14.9. The molecule has 0 fully saturated rings. The van der Waals surface area contributed by atoms with Gasteiger partial charge in [-0.3, -0.25) is 9.59 Å². The van der Waals surface area contributed by atoms with E-state index in [0.717, 1.165) is 0 Å². The summed E-state index contributed by atoms with van der Waals surface area (Å²) in [5, 5.41) is 16.7. The van der Waals surface area contributed by atoms with E-state index in [9.17, 15) is 19.5 Å². The first kappa shape index (κ1) is 17.2. The monoisotopic (exact) mass is 273 g/mol. The summed E-state index contributed by atoms with van der Waals surface area (Å²) in [6, 6.07) is -0.462. The number of rotatable bonds is 8. The number of nitrogens with one attached hydrogen (secondary N) is 3. The summed E-state index contributed by atoms with van der Waals surface area (Å²) in [6.45, 7) is 3.84. The van der Waals surface area contributed by atoms with E-state index in [0.29, 0.717) is 12.8 Å². The van der Waals surface area contributed by atoms with Crippen LogP contribution in [0.5, 0.6) is 0 Å².